The van der Waals surface area contributed by atoms with Crippen LogP contribution in [0.15, 0.2) is 48.0 Å². The Morgan fingerprint density at radius 1 is 1.06 bits per heavy atom. The minimum atomic E-state index is -0.385. The number of nitrogens with zero attached hydrogens (tertiary/aromatic N) is 5. The largest absolute Gasteiger partial charge is 0.370 e. The zero-order valence-corrected chi connectivity index (χ0v) is 20.7. The number of anilines is 3. The van der Waals surface area contributed by atoms with Crippen LogP contribution in [0.25, 0.3) is 16.9 Å². The molecule has 5 heterocycles. The van der Waals surface area contributed by atoms with Gasteiger partial charge in [0, 0.05) is 50.1 Å². The molecule has 0 atom stereocenters. The number of pyridine rings is 1. The third kappa shape index (κ3) is 4.07. The lowest BCUT2D eigenvalue weighted by molar-refractivity contribution is -0.169. The van der Waals surface area contributed by atoms with E-state index < -0.39 is 0 Å². The van der Waals surface area contributed by atoms with Crippen molar-refractivity contribution >= 4 is 33.6 Å². The molecular formula is C26H28FN5O2S. The highest BCUT2D eigenvalue weighted by atomic mass is 32.1. The molecule has 35 heavy (non-hydrogen) atoms. The highest BCUT2D eigenvalue weighted by Gasteiger charge is 2.39. The van der Waals surface area contributed by atoms with Crippen LogP contribution in [-0.2, 0) is 15.9 Å². The third-order valence-corrected chi connectivity index (χ3v) is 7.84. The summed E-state index contributed by atoms with van der Waals surface area (Å²) in [5, 5.41) is 2.87. The van der Waals surface area contributed by atoms with Gasteiger partial charge in [-0.25, -0.2) is 14.4 Å². The summed E-state index contributed by atoms with van der Waals surface area (Å²) in [5.41, 5.74) is 4.83. The van der Waals surface area contributed by atoms with Gasteiger partial charge in [-0.05, 0) is 42.8 Å². The van der Waals surface area contributed by atoms with Crippen molar-refractivity contribution in [3.63, 3.8) is 0 Å². The maximum absolute atomic E-state index is 13.3. The molecule has 0 N–H and O–H groups in total. The summed E-state index contributed by atoms with van der Waals surface area (Å²) in [6, 6.07) is 10.7. The van der Waals surface area contributed by atoms with E-state index in [9.17, 15) is 4.39 Å². The van der Waals surface area contributed by atoms with Gasteiger partial charge in [0.05, 0.1) is 30.3 Å². The van der Waals surface area contributed by atoms with Crippen LogP contribution < -0.4 is 9.80 Å². The van der Waals surface area contributed by atoms with Crippen LogP contribution in [0.4, 0.5) is 21.0 Å². The van der Waals surface area contributed by atoms with Crippen molar-refractivity contribution in [2.75, 3.05) is 43.2 Å². The number of aryl methyl sites for hydroxylation is 1. The molecule has 2 aliphatic heterocycles. The molecule has 2 fully saturated rings. The third-order valence-electron chi connectivity index (χ3n) is 6.92. The van der Waals surface area contributed by atoms with E-state index in [1.165, 1.54) is 12.1 Å². The second-order valence-electron chi connectivity index (χ2n) is 9.03. The van der Waals surface area contributed by atoms with Crippen molar-refractivity contribution in [1.29, 1.82) is 0 Å². The SMILES string of the molecule is CCc1nc2ccc(N3CCC4(CC3)OCCO4)cn2c1N(C)c1nc(-c2ccc(F)cc2)cs1. The fourth-order valence-corrected chi connectivity index (χ4v) is 5.80. The monoisotopic (exact) mass is 493 g/mol. The topological polar surface area (TPSA) is 55.1 Å². The predicted octanol–water partition coefficient (Wildman–Crippen LogP) is 5.27. The van der Waals surface area contributed by atoms with Crippen LogP contribution in [0.2, 0.25) is 0 Å². The zero-order valence-electron chi connectivity index (χ0n) is 19.9. The maximum atomic E-state index is 13.3. The molecule has 7 nitrogen and oxygen atoms in total. The molecule has 1 aromatic carbocycles. The molecule has 2 aliphatic rings. The summed E-state index contributed by atoms with van der Waals surface area (Å²) < 4.78 is 27.3. The smallest absolute Gasteiger partial charge is 0.191 e. The van der Waals surface area contributed by atoms with Crippen LogP contribution in [-0.4, -0.2) is 53.5 Å². The van der Waals surface area contributed by atoms with Gasteiger partial charge in [-0.3, -0.25) is 4.40 Å². The van der Waals surface area contributed by atoms with E-state index >= 15 is 0 Å². The molecule has 182 valence electrons. The molecule has 0 radical (unpaired) electrons. The molecular weight excluding hydrogens is 465 g/mol. The van der Waals surface area contributed by atoms with Gasteiger partial charge in [0.2, 0.25) is 0 Å². The van der Waals surface area contributed by atoms with Crippen LogP contribution in [0.3, 0.4) is 0 Å². The Balaban J connectivity index is 1.31. The van der Waals surface area contributed by atoms with E-state index in [1.807, 2.05) is 12.4 Å². The number of ether oxygens (including phenoxy) is 2. The van der Waals surface area contributed by atoms with Gasteiger partial charge in [-0.1, -0.05) is 6.92 Å². The first kappa shape index (κ1) is 22.5. The molecule has 0 unspecified atom stereocenters. The molecule has 3 aromatic heterocycles. The Bertz CT molecular complexity index is 1340. The van der Waals surface area contributed by atoms with Gasteiger partial charge in [-0.2, -0.15) is 0 Å². The van der Waals surface area contributed by atoms with Crippen molar-refractivity contribution in [3.8, 4) is 11.3 Å². The standard InChI is InChI=1S/C26H28FN5O2S/c1-3-21-24(30(2)25-29-22(17-35-25)18-4-6-19(27)7-5-18)32-16-20(8-9-23(32)28-21)31-12-10-26(11-13-31)33-14-15-34-26/h4-9,16-17H,3,10-15H2,1-2H3. The molecule has 0 amide bonds. The van der Waals surface area contributed by atoms with Gasteiger partial charge >= 0.3 is 0 Å². The minimum Gasteiger partial charge on any atom is -0.370 e. The first-order valence-corrected chi connectivity index (χ1v) is 12.9. The van der Waals surface area contributed by atoms with Crippen LogP contribution in [0, 0.1) is 5.82 Å². The Morgan fingerprint density at radius 2 is 1.80 bits per heavy atom. The fourth-order valence-electron chi connectivity index (χ4n) is 5.00. The maximum Gasteiger partial charge on any atom is 0.191 e. The number of aromatic nitrogens is 3. The Hall–Kier alpha value is -3.01. The number of imidazole rings is 1. The van der Waals surface area contributed by atoms with Gasteiger partial charge in [0.1, 0.15) is 17.3 Å². The summed E-state index contributed by atoms with van der Waals surface area (Å²) in [4.78, 5) is 14.2. The number of benzene rings is 1. The summed E-state index contributed by atoms with van der Waals surface area (Å²) in [6.07, 6.45) is 4.73. The number of rotatable bonds is 5. The second kappa shape index (κ2) is 8.89. The number of fused-ring (bicyclic) bond motifs is 1. The van der Waals surface area contributed by atoms with Crippen molar-refractivity contribution in [2.45, 2.75) is 32.0 Å². The lowest BCUT2D eigenvalue weighted by Crippen LogP contribution is -2.45. The second-order valence-corrected chi connectivity index (χ2v) is 9.86. The Morgan fingerprint density at radius 3 is 2.51 bits per heavy atom. The molecule has 2 saturated heterocycles. The lowest BCUT2D eigenvalue weighted by atomic mass is 10.0. The van der Waals surface area contributed by atoms with Crippen LogP contribution in [0.5, 0.6) is 0 Å². The van der Waals surface area contributed by atoms with E-state index in [0.717, 1.165) is 71.6 Å². The average molecular weight is 494 g/mol. The Kier molecular flexibility index (Phi) is 5.70. The van der Waals surface area contributed by atoms with E-state index in [0.29, 0.717) is 13.2 Å². The summed E-state index contributed by atoms with van der Waals surface area (Å²) >= 11 is 1.57. The van der Waals surface area contributed by atoms with Crippen molar-refractivity contribution in [2.24, 2.45) is 0 Å². The summed E-state index contributed by atoms with van der Waals surface area (Å²) in [5.74, 6) is 0.381. The van der Waals surface area contributed by atoms with Crippen molar-refractivity contribution in [3.05, 3.63) is 59.5 Å². The number of hydrogen-bond donors (Lipinski definition) is 0. The molecule has 0 saturated carbocycles. The lowest BCUT2D eigenvalue weighted by Gasteiger charge is -2.38. The number of hydrogen-bond acceptors (Lipinski definition) is 7. The Labute approximate surface area is 207 Å². The molecule has 9 heteroatoms. The highest BCUT2D eigenvalue weighted by Crippen LogP contribution is 2.36. The van der Waals surface area contributed by atoms with Gasteiger partial charge in [0.25, 0.3) is 0 Å². The number of halogens is 1. The molecule has 0 bridgehead atoms. The van der Waals surface area contributed by atoms with E-state index in [4.69, 9.17) is 19.4 Å². The van der Waals surface area contributed by atoms with Gasteiger partial charge < -0.3 is 19.3 Å². The van der Waals surface area contributed by atoms with Crippen molar-refractivity contribution < 1.29 is 13.9 Å². The average Bonchev–Trinajstić information content (AvgIpc) is 3.63. The van der Waals surface area contributed by atoms with Crippen LogP contribution in [0.1, 0.15) is 25.5 Å². The molecule has 0 aliphatic carbocycles. The van der Waals surface area contributed by atoms with E-state index in [1.54, 1.807) is 23.5 Å². The normalized spacial score (nSPS) is 17.5. The van der Waals surface area contributed by atoms with Gasteiger partial charge in [-0.15, -0.1) is 11.3 Å². The van der Waals surface area contributed by atoms with Crippen molar-refractivity contribution in [1.82, 2.24) is 14.4 Å². The number of thiazole rings is 1. The molecule has 1 spiro atoms. The molecule has 4 aromatic rings. The van der Waals surface area contributed by atoms with Gasteiger partial charge in [0.15, 0.2) is 10.9 Å². The van der Waals surface area contributed by atoms with E-state index in [2.05, 4.69) is 39.5 Å². The highest BCUT2D eigenvalue weighted by molar-refractivity contribution is 7.14. The first-order chi connectivity index (χ1) is 17.0. The predicted molar refractivity (Wildman–Crippen MR) is 136 cm³/mol. The quantitative estimate of drug-likeness (QED) is 0.378. The summed E-state index contributed by atoms with van der Waals surface area (Å²) in [6.45, 7) is 5.28. The molecule has 6 rings (SSSR count). The minimum absolute atomic E-state index is 0.248. The van der Waals surface area contributed by atoms with Crippen LogP contribution >= 0.6 is 11.3 Å². The fraction of sp³-hybridized carbons (Fsp3) is 0.385. The summed E-state index contributed by atoms with van der Waals surface area (Å²) in [7, 11) is 2.03. The zero-order chi connectivity index (χ0) is 24.0. The first-order valence-electron chi connectivity index (χ1n) is 12.0. The number of piperidine rings is 1. The van der Waals surface area contributed by atoms with E-state index in [-0.39, 0.29) is 11.6 Å².